The highest BCUT2D eigenvalue weighted by Crippen LogP contribution is 2.20. The fourth-order valence-corrected chi connectivity index (χ4v) is 4.31. The van der Waals surface area contributed by atoms with Gasteiger partial charge in [0.25, 0.3) is 0 Å². The molecule has 0 aromatic heterocycles. The zero-order valence-corrected chi connectivity index (χ0v) is 20.8. The van der Waals surface area contributed by atoms with Gasteiger partial charge in [-0.3, -0.25) is 14.7 Å². The molecule has 1 aromatic rings. The number of nitrogens with one attached hydrogen (secondary N) is 1. The molecule has 0 spiro atoms. The Balaban J connectivity index is 0.00000341. The molecule has 1 atom stereocenters. The van der Waals surface area contributed by atoms with Crippen LogP contribution < -0.4 is 16.0 Å². The van der Waals surface area contributed by atoms with Gasteiger partial charge in [-0.15, -0.1) is 24.0 Å². The van der Waals surface area contributed by atoms with Crippen molar-refractivity contribution in [1.82, 2.24) is 15.1 Å². The van der Waals surface area contributed by atoms with E-state index in [1.54, 1.807) is 0 Å². The van der Waals surface area contributed by atoms with Gasteiger partial charge in [0.2, 0.25) is 5.91 Å². The Labute approximate surface area is 202 Å². The first kappa shape index (κ1) is 25.6. The maximum absolute atomic E-state index is 13.1. The number of carbonyl (C=O) groups excluding carboxylic acids is 1. The van der Waals surface area contributed by atoms with Crippen LogP contribution in [-0.4, -0.2) is 80.6 Å². The number of aliphatic imine (C=N–C) groups is 1. The van der Waals surface area contributed by atoms with Crippen LogP contribution in [0, 0.1) is 11.7 Å². The summed E-state index contributed by atoms with van der Waals surface area (Å²) in [6.45, 7) is 10.2. The Morgan fingerprint density at radius 2 is 1.90 bits per heavy atom. The lowest BCUT2D eigenvalue weighted by molar-refractivity contribution is -0.119. The maximum atomic E-state index is 13.1. The van der Waals surface area contributed by atoms with Gasteiger partial charge in [-0.2, -0.15) is 0 Å². The Hall–Kier alpha value is -1.62. The number of piperazine rings is 1. The van der Waals surface area contributed by atoms with Gasteiger partial charge in [0.05, 0.1) is 6.54 Å². The zero-order valence-electron chi connectivity index (χ0n) is 18.4. The number of halogens is 2. The quantitative estimate of drug-likeness (QED) is 0.312. The van der Waals surface area contributed by atoms with E-state index in [0.717, 1.165) is 83.4 Å². The molecule has 2 aliphatic heterocycles. The van der Waals surface area contributed by atoms with Gasteiger partial charge in [0, 0.05) is 64.5 Å². The summed E-state index contributed by atoms with van der Waals surface area (Å²) in [5.41, 5.74) is 6.47. The van der Waals surface area contributed by atoms with Gasteiger partial charge < -0.3 is 20.9 Å². The highest BCUT2D eigenvalue weighted by Gasteiger charge is 2.23. The molecule has 0 radical (unpaired) electrons. The van der Waals surface area contributed by atoms with Crippen LogP contribution in [0.1, 0.15) is 26.2 Å². The number of nitrogens with zero attached hydrogens (tertiary/aromatic N) is 4. The van der Waals surface area contributed by atoms with Crippen LogP contribution in [0.3, 0.4) is 0 Å². The van der Waals surface area contributed by atoms with Crippen molar-refractivity contribution in [2.45, 2.75) is 26.2 Å². The summed E-state index contributed by atoms with van der Waals surface area (Å²) < 4.78 is 13.1. The van der Waals surface area contributed by atoms with E-state index in [-0.39, 0.29) is 35.7 Å². The van der Waals surface area contributed by atoms with Gasteiger partial charge in [0.15, 0.2) is 5.96 Å². The Bertz CT molecular complexity index is 708. The molecule has 0 aliphatic carbocycles. The van der Waals surface area contributed by atoms with E-state index < -0.39 is 0 Å². The standard InChI is InChI=1S/C22H35FN6O.HI/c1-2-25-22(29-10-3-4-18(17-29)16-21(24)30)26-9-11-27-12-14-28(15-13-27)20-7-5-19(23)6-8-20;/h5-8,18H,2-4,9-17H2,1H3,(H2,24,30)(H,25,26);1H. The molecule has 0 bridgehead atoms. The summed E-state index contributed by atoms with van der Waals surface area (Å²) in [6, 6.07) is 6.74. The zero-order chi connectivity index (χ0) is 21.3. The van der Waals surface area contributed by atoms with Gasteiger partial charge in [-0.05, 0) is 49.9 Å². The van der Waals surface area contributed by atoms with Crippen molar-refractivity contribution in [3.63, 3.8) is 0 Å². The van der Waals surface area contributed by atoms with Crippen LogP contribution in [0.25, 0.3) is 0 Å². The van der Waals surface area contributed by atoms with Gasteiger partial charge in [0.1, 0.15) is 5.82 Å². The van der Waals surface area contributed by atoms with Crippen LogP contribution in [0.2, 0.25) is 0 Å². The lowest BCUT2D eigenvalue weighted by Gasteiger charge is -2.36. The normalized spacial score (nSPS) is 20.3. The van der Waals surface area contributed by atoms with Crippen molar-refractivity contribution in [2.24, 2.45) is 16.6 Å². The number of guanidine groups is 1. The van der Waals surface area contributed by atoms with Crippen molar-refractivity contribution in [1.29, 1.82) is 0 Å². The molecule has 31 heavy (non-hydrogen) atoms. The number of amides is 1. The molecule has 2 saturated heterocycles. The number of piperidine rings is 1. The molecular formula is C22H36FIN6O. The number of likely N-dealkylation sites (tertiary alicyclic amines) is 1. The maximum Gasteiger partial charge on any atom is 0.217 e. The van der Waals surface area contributed by atoms with Crippen LogP contribution in [0.4, 0.5) is 10.1 Å². The Kier molecular flexibility index (Phi) is 10.8. The lowest BCUT2D eigenvalue weighted by Crippen LogP contribution is -2.48. The summed E-state index contributed by atoms with van der Waals surface area (Å²) in [4.78, 5) is 23.1. The molecule has 0 saturated carbocycles. The Morgan fingerprint density at radius 1 is 1.19 bits per heavy atom. The predicted molar refractivity (Wildman–Crippen MR) is 135 cm³/mol. The third-order valence-electron chi connectivity index (χ3n) is 5.89. The minimum absolute atomic E-state index is 0. The average molecular weight is 546 g/mol. The van der Waals surface area contributed by atoms with Crippen molar-refractivity contribution in [3.05, 3.63) is 30.1 Å². The molecule has 3 N–H and O–H groups in total. The second-order valence-electron chi connectivity index (χ2n) is 8.17. The fraction of sp³-hybridized carbons (Fsp3) is 0.636. The van der Waals surface area contributed by atoms with Crippen molar-refractivity contribution < 1.29 is 9.18 Å². The smallest absolute Gasteiger partial charge is 0.217 e. The van der Waals surface area contributed by atoms with E-state index in [2.05, 4.69) is 26.9 Å². The third-order valence-corrected chi connectivity index (χ3v) is 5.89. The molecule has 2 fully saturated rings. The number of benzene rings is 1. The molecule has 9 heteroatoms. The van der Waals surface area contributed by atoms with Gasteiger partial charge in [-0.1, -0.05) is 0 Å². The molecule has 2 heterocycles. The van der Waals surface area contributed by atoms with Crippen LogP contribution in [0.15, 0.2) is 29.3 Å². The third kappa shape index (κ3) is 8.10. The van der Waals surface area contributed by atoms with Crippen LogP contribution in [-0.2, 0) is 4.79 Å². The molecular weight excluding hydrogens is 510 g/mol. The topological polar surface area (TPSA) is 77.2 Å². The van der Waals surface area contributed by atoms with E-state index >= 15 is 0 Å². The van der Waals surface area contributed by atoms with Crippen LogP contribution in [0.5, 0.6) is 0 Å². The second kappa shape index (κ2) is 13.0. The second-order valence-corrected chi connectivity index (χ2v) is 8.17. The number of anilines is 1. The van der Waals surface area contributed by atoms with Gasteiger partial charge >= 0.3 is 0 Å². The SMILES string of the molecule is CCNC(=NCCN1CCN(c2ccc(F)cc2)CC1)N1CCCC(CC(N)=O)C1.I. The number of hydrogen-bond donors (Lipinski definition) is 2. The molecule has 174 valence electrons. The van der Waals surface area contributed by atoms with Crippen molar-refractivity contribution in [3.8, 4) is 0 Å². The van der Waals surface area contributed by atoms with Gasteiger partial charge in [-0.25, -0.2) is 4.39 Å². The monoisotopic (exact) mass is 546 g/mol. The molecule has 3 rings (SSSR count). The van der Waals surface area contributed by atoms with Crippen molar-refractivity contribution >= 4 is 41.5 Å². The average Bonchev–Trinajstić information content (AvgIpc) is 2.74. The largest absolute Gasteiger partial charge is 0.370 e. The minimum Gasteiger partial charge on any atom is -0.370 e. The Morgan fingerprint density at radius 3 is 2.55 bits per heavy atom. The first-order chi connectivity index (χ1) is 14.5. The molecule has 7 nitrogen and oxygen atoms in total. The summed E-state index contributed by atoms with van der Waals surface area (Å²) >= 11 is 0. The van der Waals surface area contributed by atoms with E-state index in [9.17, 15) is 9.18 Å². The van der Waals surface area contributed by atoms with E-state index in [0.29, 0.717) is 12.3 Å². The van der Waals surface area contributed by atoms with E-state index in [4.69, 9.17) is 10.7 Å². The summed E-state index contributed by atoms with van der Waals surface area (Å²) in [5.74, 6) is 0.848. The summed E-state index contributed by atoms with van der Waals surface area (Å²) in [6.07, 6.45) is 2.57. The number of carbonyl (C=O) groups is 1. The highest BCUT2D eigenvalue weighted by atomic mass is 127. The first-order valence-corrected chi connectivity index (χ1v) is 11.1. The van der Waals surface area contributed by atoms with E-state index in [1.807, 2.05) is 12.1 Å². The molecule has 1 amide bonds. The fourth-order valence-electron chi connectivity index (χ4n) is 4.31. The first-order valence-electron chi connectivity index (χ1n) is 11.1. The van der Waals surface area contributed by atoms with Crippen LogP contribution >= 0.6 is 24.0 Å². The van der Waals surface area contributed by atoms with Crippen molar-refractivity contribution in [2.75, 3.05) is 63.8 Å². The number of hydrogen-bond acceptors (Lipinski definition) is 4. The number of nitrogens with two attached hydrogens (primary N) is 1. The molecule has 1 unspecified atom stereocenters. The lowest BCUT2D eigenvalue weighted by atomic mass is 9.95. The highest BCUT2D eigenvalue weighted by molar-refractivity contribution is 14.0. The van der Waals surface area contributed by atoms with E-state index in [1.165, 1.54) is 12.1 Å². The summed E-state index contributed by atoms with van der Waals surface area (Å²) in [7, 11) is 0. The summed E-state index contributed by atoms with van der Waals surface area (Å²) in [5, 5.41) is 3.40. The number of rotatable bonds is 7. The molecule has 2 aliphatic rings. The predicted octanol–water partition coefficient (Wildman–Crippen LogP) is 2.12. The minimum atomic E-state index is -0.219. The number of primary amides is 1. The molecule has 1 aromatic carbocycles.